The van der Waals surface area contributed by atoms with Gasteiger partial charge >= 0.3 is 12.0 Å². The van der Waals surface area contributed by atoms with Gasteiger partial charge in [0.15, 0.2) is 0 Å². The molecular formula is C13H17N3O4. The van der Waals surface area contributed by atoms with Crippen molar-refractivity contribution in [2.24, 2.45) is 0 Å². The van der Waals surface area contributed by atoms with Gasteiger partial charge < -0.3 is 15.2 Å². The number of nitrogens with zero attached hydrogens (tertiary/aromatic N) is 1. The molecule has 108 valence electrons. The van der Waals surface area contributed by atoms with E-state index in [0.717, 1.165) is 0 Å². The molecule has 1 saturated heterocycles. The van der Waals surface area contributed by atoms with Crippen molar-refractivity contribution in [2.75, 3.05) is 31.6 Å². The molecule has 0 atom stereocenters. The highest BCUT2D eigenvalue weighted by Gasteiger charge is 2.12. The molecule has 0 bridgehead atoms. The number of anilines is 1. The predicted octanol–water partition coefficient (Wildman–Crippen LogP) is 0.682. The summed E-state index contributed by atoms with van der Waals surface area (Å²) in [7, 11) is 0. The molecule has 0 radical (unpaired) electrons. The first-order valence-electron chi connectivity index (χ1n) is 6.34. The number of urea groups is 1. The number of aliphatic carboxylic acids is 1. The quantitative estimate of drug-likeness (QED) is 0.754. The first-order chi connectivity index (χ1) is 9.63. The van der Waals surface area contributed by atoms with E-state index in [2.05, 4.69) is 10.7 Å². The van der Waals surface area contributed by atoms with Gasteiger partial charge in [-0.05, 0) is 17.7 Å². The van der Waals surface area contributed by atoms with Gasteiger partial charge in [-0.2, -0.15) is 0 Å². The smallest absolute Gasteiger partial charge is 0.333 e. The highest BCUT2D eigenvalue weighted by molar-refractivity contribution is 5.88. The van der Waals surface area contributed by atoms with E-state index in [1.54, 1.807) is 29.3 Å². The fraction of sp³-hybridized carbons (Fsp3) is 0.385. The third-order valence-electron chi connectivity index (χ3n) is 2.84. The van der Waals surface area contributed by atoms with Crippen LogP contribution < -0.4 is 10.7 Å². The van der Waals surface area contributed by atoms with Gasteiger partial charge in [-0.25, -0.2) is 9.80 Å². The lowest BCUT2D eigenvalue weighted by atomic mass is 10.1. The molecule has 7 heteroatoms. The number of rotatable bonds is 4. The third-order valence-corrected chi connectivity index (χ3v) is 2.84. The van der Waals surface area contributed by atoms with Gasteiger partial charge in [-0.3, -0.25) is 10.2 Å². The van der Waals surface area contributed by atoms with Gasteiger partial charge in [-0.1, -0.05) is 12.1 Å². The summed E-state index contributed by atoms with van der Waals surface area (Å²) < 4.78 is 5.18. The molecule has 20 heavy (non-hydrogen) atoms. The second kappa shape index (κ2) is 6.88. The zero-order valence-electron chi connectivity index (χ0n) is 11.0. The predicted molar refractivity (Wildman–Crippen MR) is 72.3 cm³/mol. The molecule has 1 fully saturated rings. The molecule has 1 aromatic carbocycles. The average Bonchev–Trinajstić information content (AvgIpc) is 2.41. The molecule has 1 aromatic rings. The Morgan fingerprint density at radius 1 is 1.20 bits per heavy atom. The fourth-order valence-corrected chi connectivity index (χ4v) is 1.86. The topological polar surface area (TPSA) is 90.9 Å². The molecule has 0 saturated carbocycles. The third kappa shape index (κ3) is 4.52. The summed E-state index contributed by atoms with van der Waals surface area (Å²) >= 11 is 0. The SMILES string of the molecule is O=C(O)Cc1ccc(NC(=O)NN2CCOCC2)cc1. The average molecular weight is 279 g/mol. The van der Waals surface area contributed by atoms with Crippen LogP contribution >= 0.6 is 0 Å². The lowest BCUT2D eigenvalue weighted by Crippen LogP contribution is -2.49. The van der Waals surface area contributed by atoms with Crippen molar-refractivity contribution in [3.8, 4) is 0 Å². The number of ether oxygens (including phenoxy) is 1. The van der Waals surface area contributed by atoms with Crippen LogP contribution in [0.1, 0.15) is 5.56 Å². The van der Waals surface area contributed by atoms with E-state index in [1.807, 2.05) is 0 Å². The molecule has 0 aromatic heterocycles. The molecule has 1 heterocycles. The van der Waals surface area contributed by atoms with E-state index in [-0.39, 0.29) is 12.5 Å². The van der Waals surface area contributed by atoms with E-state index in [1.165, 1.54) is 0 Å². The molecule has 2 amide bonds. The van der Waals surface area contributed by atoms with Crippen molar-refractivity contribution in [3.05, 3.63) is 29.8 Å². The van der Waals surface area contributed by atoms with Crippen LogP contribution in [0.4, 0.5) is 10.5 Å². The molecule has 0 unspecified atom stereocenters. The first-order valence-corrected chi connectivity index (χ1v) is 6.34. The van der Waals surface area contributed by atoms with Crippen molar-refractivity contribution in [1.82, 2.24) is 10.4 Å². The van der Waals surface area contributed by atoms with Gasteiger partial charge in [0, 0.05) is 18.8 Å². The van der Waals surface area contributed by atoms with Crippen LogP contribution in [0.25, 0.3) is 0 Å². The summed E-state index contributed by atoms with van der Waals surface area (Å²) in [5.41, 5.74) is 4.03. The van der Waals surface area contributed by atoms with E-state index in [0.29, 0.717) is 37.6 Å². The highest BCUT2D eigenvalue weighted by atomic mass is 16.5. The number of carboxylic acids is 1. The minimum atomic E-state index is -0.879. The Bertz CT molecular complexity index is 469. The molecular weight excluding hydrogens is 262 g/mol. The van der Waals surface area contributed by atoms with Crippen molar-refractivity contribution in [2.45, 2.75) is 6.42 Å². The number of hydrogen-bond donors (Lipinski definition) is 3. The van der Waals surface area contributed by atoms with Crippen LogP contribution in [0, 0.1) is 0 Å². The Balaban J connectivity index is 1.82. The first kappa shape index (κ1) is 14.3. The summed E-state index contributed by atoms with van der Waals surface area (Å²) in [6, 6.07) is 6.39. The number of nitrogens with one attached hydrogen (secondary N) is 2. The Morgan fingerprint density at radius 2 is 1.85 bits per heavy atom. The molecule has 3 N–H and O–H groups in total. The molecule has 0 spiro atoms. The highest BCUT2D eigenvalue weighted by Crippen LogP contribution is 2.10. The van der Waals surface area contributed by atoms with Gasteiger partial charge in [0.05, 0.1) is 19.6 Å². The number of carbonyl (C=O) groups excluding carboxylic acids is 1. The van der Waals surface area contributed by atoms with Crippen LogP contribution in [0.3, 0.4) is 0 Å². The Morgan fingerprint density at radius 3 is 2.45 bits per heavy atom. The Labute approximate surface area is 116 Å². The standard InChI is InChI=1S/C13H17N3O4/c17-12(18)9-10-1-3-11(4-2-10)14-13(19)15-16-5-7-20-8-6-16/h1-4H,5-9H2,(H,17,18)(H2,14,15,19). The molecule has 1 aliphatic rings. The lowest BCUT2D eigenvalue weighted by Gasteiger charge is -2.26. The van der Waals surface area contributed by atoms with Crippen LogP contribution in [-0.4, -0.2) is 48.4 Å². The summed E-state index contributed by atoms with van der Waals surface area (Å²) in [4.78, 5) is 22.3. The normalized spacial score (nSPS) is 15.6. The summed E-state index contributed by atoms with van der Waals surface area (Å²) in [5.74, 6) is -0.879. The minimum Gasteiger partial charge on any atom is -0.481 e. The second-order valence-corrected chi connectivity index (χ2v) is 4.43. The van der Waals surface area contributed by atoms with E-state index in [9.17, 15) is 9.59 Å². The molecule has 1 aliphatic heterocycles. The lowest BCUT2D eigenvalue weighted by molar-refractivity contribution is -0.136. The maximum atomic E-state index is 11.7. The number of carboxylic acid groups (broad SMARTS) is 1. The van der Waals surface area contributed by atoms with Crippen molar-refractivity contribution < 1.29 is 19.4 Å². The van der Waals surface area contributed by atoms with Crippen LogP contribution in [0.2, 0.25) is 0 Å². The van der Waals surface area contributed by atoms with E-state index >= 15 is 0 Å². The largest absolute Gasteiger partial charge is 0.481 e. The van der Waals surface area contributed by atoms with Crippen molar-refractivity contribution >= 4 is 17.7 Å². The Kier molecular flexibility index (Phi) is 4.91. The zero-order valence-corrected chi connectivity index (χ0v) is 11.0. The molecule has 0 aliphatic carbocycles. The van der Waals surface area contributed by atoms with Gasteiger partial charge in [-0.15, -0.1) is 0 Å². The number of amides is 2. The number of morpholine rings is 1. The number of hydrazine groups is 1. The maximum Gasteiger partial charge on any atom is 0.333 e. The Hall–Kier alpha value is -2.12. The van der Waals surface area contributed by atoms with E-state index < -0.39 is 5.97 Å². The van der Waals surface area contributed by atoms with Crippen LogP contribution in [-0.2, 0) is 16.0 Å². The summed E-state index contributed by atoms with van der Waals surface area (Å²) in [6.45, 7) is 2.52. The van der Waals surface area contributed by atoms with Crippen molar-refractivity contribution in [3.63, 3.8) is 0 Å². The van der Waals surface area contributed by atoms with Gasteiger partial charge in [0.25, 0.3) is 0 Å². The van der Waals surface area contributed by atoms with Gasteiger partial charge in [0.2, 0.25) is 0 Å². The summed E-state index contributed by atoms with van der Waals surface area (Å²) in [5, 5.41) is 13.1. The van der Waals surface area contributed by atoms with Crippen LogP contribution in [0.15, 0.2) is 24.3 Å². The number of carbonyl (C=O) groups is 2. The molecule has 2 rings (SSSR count). The molecule has 7 nitrogen and oxygen atoms in total. The maximum absolute atomic E-state index is 11.7. The summed E-state index contributed by atoms with van der Waals surface area (Å²) in [6.07, 6.45) is -0.0275. The van der Waals surface area contributed by atoms with Gasteiger partial charge in [0.1, 0.15) is 0 Å². The van der Waals surface area contributed by atoms with E-state index in [4.69, 9.17) is 9.84 Å². The number of hydrogen-bond acceptors (Lipinski definition) is 4. The van der Waals surface area contributed by atoms with Crippen molar-refractivity contribution in [1.29, 1.82) is 0 Å². The zero-order chi connectivity index (χ0) is 14.4. The minimum absolute atomic E-state index is 0.0275. The monoisotopic (exact) mass is 279 g/mol. The second-order valence-electron chi connectivity index (χ2n) is 4.43. The van der Waals surface area contributed by atoms with Crippen LogP contribution in [0.5, 0.6) is 0 Å². The number of benzene rings is 1. The fourth-order valence-electron chi connectivity index (χ4n) is 1.86.